The summed E-state index contributed by atoms with van der Waals surface area (Å²) in [5, 5.41) is 9.28. The number of hydrogen-bond donors (Lipinski definition) is 1. The van der Waals surface area contributed by atoms with Crippen LogP contribution in [-0.4, -0.2) is 25.9 Å². The van der Waals surface area contributed by atoms with Crippen LogP contribution in [0.3, 0.4) is 0 Å². The zero-order valence-corrected chi connectivity index (χ0v) is 11.3. The van der Waals surface area contributed by atoms with Crippen molar-refractivity contribution in [3.8, 4) is 11.5 Å². The second kappa shape index (κ2) is 5.92. The van der Waals surface area contributed by atoms with E-state index >= 15 is 0 Å². The molecular formula is C14H22O3. The maximum Gasteiger partial charge on any atom is 0.126 e. The first kappa shape index (κ1) is 13.8. The fourth-order valence-corrected chi connectivity index (χ4v) is 1.88. The summed E-state index contributed by atoms with van der Waals surface area (Å²) in [4.78, 5) is 0. The Hall–Kier alpha value is -1.22. The zero-order chi connectivity index (χ0) is 13.0. The van der Waals surface area contributed by atoms with E-state index in [1.54, 1.807) is 14.2 Å². The third-order valence-electron chi connectivity index (χ3n) is 3.01. The molecule has 3 nitrogen and oxygen atoms in total. The molecule has 1 aromatic rings. The van der Waals surface area contributed by atoms with E-state index in [1.165, 1.54) is 0 Å². The molecule has 0 radical (unpaired) electrons. The smallest absolute Gasteiger partial charge is 0.126 e. The number of methoxy groups -OCH3 is 2. The summed E-state index contributed by atoms with van der Waals surface area (Å²) in [5.41, 5.74) is 2.17. The van der Waals surface area contributed by atoms with E-state index in [4.69, 9.17) is 9.47 Å². The second-order valence-electron chi connectivity index (χ2n) is 4.57. The summed E-state index contributed by atoms with van der Waals surface area (Å²) in [7, 11) is 3.30. The van der Waals surface area contributed by atoms with Gasteiger partial charge >= 0.3 is 0 Å². The van der Waals surface area contributed by atoms with Crippen molar-refractivity contribution < 1.29 is 14.6 Å². The highest BCUT2D eigenvalue weighted by Crippen LogP contribution is 2.36. The van der Waals surface area contributed by atoms with Crippen LogP contribution < -0.4 is 9.47 Å². The molecule has 17 heavy (non-hydrogen) atoms. The molecule has 0 saturated heterocycles. The Morgan fingerprint density at radius 3 is 1.94 bits per heavy atom. The standard InChI is InChI=1S/C14H22O3/c1-9(2)11-6-12(10(3)8-15)14(17-5)7-13(11)16-4/h6-7,9-10,15H,8H2,1-5H3. The van der Waals surface area contributed by atoms with Gasteiger partial charge in [0, 0.05) is 18.6 Å². The van der Waals surface area contributed by atoms with E-state index in [0.717, 1.165) is 22.6 Å². The molecule has 0 fully saturated rings. The molecule has 0 bridgehead atoms. The van der Waals surface area contributed by atoms with Crippen molar-refractivity contribution in [3.63, 3.8) is 0 Å². The molecule has 96 valence electrons. The summed E-state index contributed by atoms with van der Waals surface area (Å²) in [6.45, 7) is 6.34. The normalized spacial score (nSPS) is 12.6. The van der Waals surface area contributed by atoms with Crippen LogP contribution in [0.1, 0.15) is 43.7 Å². The molecule has 0 aromatic heterocycles. The second-order valence-corrected chi connectivity index (χ2v) is 4.57. The van der Waals surface area contributed by atoms with Gasteiger partial charge in [-0.1, -0.05) is 20.8 Å². The lowest BCUT2D eigenvalue weighted by molar-refractivity contribution is 0.269. The van der Waals surface area contributed by atoms with Gasteiger partial charge in [0.15, 0.2) is 0 Å². The lowest BCUT2D eigenvalue weighted by Gasteiger charge is -2.19. The molecule has 1 N–H and O–H groups in total. The van der Waals surface area contributed by atoms with Crippen molar-refractivity contribution in [1.29, 1.82) is 0 Å². The summed E-state index contributed by atoms with van der Waals surface area (Å²) in [6.07, 6.45) is 0. The van der Waals surface area contributed by atoms with E-state index in [9.17, 15) is 5.11 Å². The third kappa shape index (κ3) is 2.91. The van der Waals surface area contributed by atoms with Gasteiger partial charge in [0.25, 0.3) is 0 Å². The van der Waals surface area contributed by atoms with Gasteiger partial charge in [-0.25, -0.2) is 0 Å². The lowest BCUT2D eigenvalue weighted by atomic mass is 9.93. The Balaban J connectivity index is 3.33. The first-order valence-electron chi connectivity index (χ1n) is 5.91. The SMILES string of the molecule is COc1cc(OC)c(C(C)CO)cc1C(C)C. The van der Waals surface area contributed by atoms with Crippen LogP contribution in [0.5, 0.6) is 11.5 Å². The molecule has 0 aliphatic carbocycles. The highest BCUT2D eigenvalue weighted by molar-refractivity contribution is 5.49. The number of aliphatic hydroxyl groups is 1. The fraction of sp³-hybridized carbons (Fsp3) is 0.571. The van der Waals surface area contributed by atoms with Gasteiger partial charge < -0.3 is 14.6 Å². The van der Waals surface area contributed by atoms with Crippen molar-refractivity contribution in [2.24, 2.45) is 0 Å². The van der Waals surface area contributed by atoms with E-state index in [1.807, 2.05) is 13.0 Å². The predicted molar refractivity (Wildman–Crippen MR) is 69.1 cm³/mol. The summed E-state index contributed by atoms with van der Waals surface area (Å²) in [5.74, 6) is 2.05. The first-order chi connectivity index (χ1) is 8.04. The third-order valence-corrected chi connectivity index (χ3v) is 3.01. The summed E-state index contributed by atoms with van der Waals surface area (Å²) in [6, 6.07) is 3.97. The summed E-state index contributed by atoms with van der Waals surface area (Å²) >= 11 is 0. The molecule has 0 spiro atoms. The molecule has 0 saturated carbocycles. The average Bonchev–Trinajstić information content (AvgIpc) is 2.35. The van der Waals surface area contributed by atoms with Crippen LogP contribution in [-0.2, 0) is 0 Å². The van der Waals surface area contributed by atoms with Crippen LogP contribution in [0.15, 0.2) is 12.1 Å². The predicted octanol–water partition coefficient (Wildman–Crippen LogP) is 2.92. The van der Waals surface area contributed by atoms with Gasteiger partial charge in [0.2, 0.25) is 0 Å². The number of aliphatic hydroxyl groups excluding tert-OH is 1. The maximum absolute atomic E-state index is 9.28. The Kier molecular flexibility index (Phi) is 4.82. The number of benzene rings is 1. The van der Waals surface area contributed by atoms with Crippen molar-refractivity contribution >= 4 is 0 Å². The number of ether oxygens (including phenoxy) is 2. The minimum Gasteiger partial charge on any atom is -0.496 e. The Morgan fingerprint density at radius 2 is 1.53 bits per heavy atom. The molecular weight excluding hydrogens is 216 g/mol. The van der Waals surface area contributed by atoms with Gasteiger partial charge in [-0.15, -0.1) is 0 Å². The molecule has 0 aliphatic rings. The zero-order valence-electron chi connectivity index (χ0n) is 11.3. The van der Waals surface area contributed by atoms with E-state index in [-0.39, 0.29) is 12.5 Å². The van der Waals surface area contributed by atoms with Crippen LogP contribution in [0.2, 0.25) is 0 Å². The van der Waals surface area contributed by atoms with Crippen molar-refractivity contribution in [2.75, 3.05) is 20.8 Å². The van der Waals surface area contributed by atoms with Gasteiger partial charge in [-0.05, 0) is 23.1 Å². The Morgan fingerprint density at radius 1 is 1.00 bits per heavy atom. The minimum absolute atomic E-state index is 0.0633. The van der Waals surface area contributed by atoms with Gasteiger partial charge in [-0.3, -0.25) is 0 Å². The molecule has 1 unspecified atom stereocenters. The maximum atomic E-state index is 9.28. The molecule has 1 aromatic carbocycles. The molecule has 1 rings (SSSR count). The molecule has 0 aliphatic heterocycles. The Bertz CT molecular complexity index is 372. The molecule has 0 amide bonds. The van der Waals surface area contributed by atoms with Gasteiger partial charge in [0.1, 0.15) is 11.5 Å². The van der Waals surface area contributed by atoms with E-state index in [2.05, 4.69) is 19.9 Å². The molecule has 1 atom stereocenters. The minimum atomic E-state index is 0.0633. The first-order valence-corrected chi connectivity index (χ1v) is 5.91. The molecule has 0 heterocycles. The van der Waals surface area contributed by atoms with Crippen molar-refractivity contribution in [2.45, 2.75) is 32.6 Å². The topological polar surface area (TPSA) is 38.7 Å². The van der Waals surface area contributed by atoms with Crippen molar-refractivity contribution in [3.05, 3.63) is 23.3 Å². The van der Waals surface area contributed by atoms with Crippen LogP contribution in [0, 0.1) is 0 Å². The van der Waals surface area contributed by atoms with Crippen molar-refractivity contribution in [1.82, 2.24) is 0 Å². The van der Waals surface area contributed by atoms with Crippen LogP contribution in [0.25, 0.3) is 0 Å². The fourth-order valence-electron chi connectivity index (χ4n) is 1.88. The number of rotatable bonds is 5. The van der Waals surface area contributed by atoms with Crippen LogP contribution in [0.4, 0.5) is 0 Å². The van der Waals surface area contributed by atoms with E-state index < -0.39 is 0 Å². The van der Waals surface area contributed by atoms with Crippen LogP contribution >= 0.6 is 0 Å². The monoisotopic (exact) mass is 238 g/mol. The molecule has 3 heteroatoms. The highest BCUT2D eigenvalue weighted by Gasteiger charge is 2.17. The van der Waals surface area contributed by atoms with Gasteiger partial charge in [0.05, 0.1) is 14.2 Å². The Labute approximate surface area is 103 Å². The average molecular weight is 238 g/mol. The quantitative estimate of drug-likeness (QED) is 0.857. The summed E-state index contributed by atoms with van der Waals surface area (Å²) < 4.78 is 10.7. The van der Waals surface area contributed by atoms with Gasteiger partial charge in [-0.2, -0.15) is 0 Å². The lowest BCUT2D eigenvalue weighted by Crippen LogP contribution is -2.05. The number of hydrogen-bond acceptors (Lipinski definition) is 3. The largest absolute Gasteiger partial charge is 0.496 e. The highest BCUT2D eigenvalue weighted by atomic mass is 16.5. The van der Waals surface area contributed by atoms with E-state index in [0.29, 0.717) is 5.92 Å².